The Hall–Kier alpha value is -3.27. The lowest BCUT2D eigenvalue weighted by Gasteiger charge is -2.34. The molecule has 4 rings (SSSR count). The number of hydrogen-bond donors (Lipinski definition) is 2. The maximum absolute atomic E-state index is 12.1. The number of rotatable bonds is 7. The van der Waals surface area contributed by atoms with Crippen LogP contribution >= 0.6 is 13.5 Å². The molecule has 0 spiro atoms. The summed E-state index contributed by atoms with van der Waals surface area (Å²) >= 11 is 0. The molecule has 0 aromatic carbocycles. The van der Waals surface area contributed by atoms with Crippen molar-refractivity contribution in [1.29, 1.82) is 0 Å². The molecule has 33 heavy (non-hydrogen) atoms. The number of carbonyl (C=O) groups is 1. The normalized spacial score (nSPS) is 15.0. The topological polar surface area (TPSA) is 97.2 Å². The maximum Gasteiger partial charge on any atom is 0.246 e. The van der Waals surface area contributed by atoms with Crippen molar-refractivity contribution in [3.63, 3.8) is 0 Å². The first-order chi connectivity index (χ1) is 15.3. The van der Waals surface area contributed by atoms with Gasteiger partial charge in [0.15, 0.2) is 0 Å². The molecule has 1 amide bonds. The molecule has 0 aliphatic carbocycles. The Balaban J connectivity index is 0.00000306. The Morgan fingerprint density at radius 1 is 1.24 bits per heavy atom. The van der Waals surface area contributed by atoms with E-state index in [1.165, 1.54) is 0 Å². The third kappa shape index (κ3) is 5.57. The predicted molar refractivity (Wildman–Crippen MR) is 135 cm³/mol. The molecular weight excluding hydrogens is 438 g/mol. The maximum atomic E-state index is 12.1. The second-order valence-electron chi connectivity index (χ2n) is 8.33. The van der Waals surface area contributed by atoms with Gasteiger partial charge in [-0.05, 0) is 33.3 Å². The number of likely N-dealkylation sites (N-methyl/N-ethyl adjacent to an activating group) is 1. The third-order valence-corrected chi connectivity index (χ3v) is 5.43. The lowest BCUT2D eigenvalue weighted by atomic mass is 10.1. The zero-order valence-electron chi connectivity index (χ0n) is 19.6. The van der Waals surface area contributed by atoms with Crippen molar-refractivity contribution in [2.45, 2.75) is 52.9 Å². The summed E-state index contributed by atoms with van der Waals surface area (Å²) in [6, 6.07) is 5.62. The van der Waals surface area contributed by atoms with Gasteiger partial charge in [0.05, 0.1) is 35.9 Å². The van der Waals surface area contributed by atoms with Crippen molar-refractivity contribution >= 4 is 36.6 Å². The minimum absolute atomic E-state index is 0. The molecule has 3 aromatic rings. The number of hydrogen-bond acceptors (Lipinski definition) is 7. The monoisotopic (exact) mass is 469 g/mol. The van der Waals surface area contributed by atoms with E-state index in [9.17, 15) is 4.79 Å². The molecule has 1 atom stereocenters. The van der Waals surface area contributed by atoms with Crippen LogP contribution in [0.15, 0.2) is 36.8 Å². The molecule has 0 bridgehead atoms. The highest BCUT2D eigenvalue weighted by atomic mass is 32.1. The summed E-state index contributed by atoms with van der Waals surface area (Å²) in [5, 5.41) is 10.8. The lowest BCUT2D eigenvalue weighted by Crippen LogP contribution is -2.44. The summed E-state index contributed by atoms with van der Waals surface area (Å²) in [7, 11) is 1.92. The molecule has 2 N–H and O–H groups in total. The largest absolute Gasteiger partial charge is 0.475 e. The van der Waals surface area contributed by atoms with Crippen LogP contribution in [0.1, 0.15) is 37.6 Å². The van der Waals surface area contributed by atoms with Crippen molar-refractivity contribution in [1.82, 2.24) is 19.7 Å². The Bertz CT molecular complexity index is 1110. The summed E-state index contributed by atoms with van der Waals surface area (Å²) in [5.41, 5.74) is 4.61. The van der Waals surface area contributed by atoms with Gasteiger partial charge in [0.2, 0.25) is 11.8 Å². The summed E-state index contributed by atoms with van der Waals surface area (Å²) in [6.07, 6.45) is 5.76. The summed E-state index contributed by atoms with van der Waals surface area (Å²) in [6.45, 7) is 8.97. The number of carbonyl (C=O) groups excluding carboxylic acids is 1. The number of nitrogens with one attached hydrogen (secondary N) is 2. The number of anilines is 3. The standard InChI is InChI=1S/C23H29N7O2.H2S/c1-14(2)32-21-7-6-17(9-25-21)12-30-13-18(11-26-30)10-24-20-8-19-22(15(3)27-20)28-23(31)16(4)29(19)5;/h6-9,11,13-14,16H,10,12H2,1-5H3,(H,24,27)(H,28,31);1H2/t16-;/m0./s1. The third-order valence-electron chi connectivity index (χ3n) is 5.43. The van der Waals surface area contributed by atoms with Crippen LogP contribution in [0, 0.1) is 6.92 Å². The summed E-state index contributed by atoms with van der Waals surface area (Å²) in [4.78, 5) is 23.0. The van der Waals surface area contributed by atoms with E-state index in [0.29, 0.717) is 19.0 Å². The van der Waals surface area contributed by atoms with Gasteiger partial charge in [0, 0.05) is 43.7 Å². The number of fused-ring (bicyclic) bond motifs is 1. The first-order valence-corrected chi connectivity index (χ1v) is 10.7. The first-order valence-electron chi connectivity index (χ1n) is 10.7. The van der Waals surface area contributed by atoms with Crippen LogP contribution in [0.3, 0.4) is 0 Å². The van der Waals surface area contributed by atoms with E-state index in [4.69, 9.17) is 4.74 Å². The van der Waals surface area contributed by atoms with E-state index in [-0.39, 0.29) is 31.5 Å². The number of aryl methyl sites for hydroxylation is 1. The van der Waals surface area contributed by atoms with Gasteiger partial charge in [-0.25, -0.2) is 9.97 Å². The van der Waals surface area contributed by atoms with Gasteiger partial charge in [-0.3, -0.25) is 9.48 Å². The van der Waals surface area contributed by atoms with Gasteiger partial charge in [-0.1, -0.05) is 6.07 Å². The summed E-state index contributed by atoms with van der Waals surface area (Å²) in [5.74, 6) is 1.37. The molecular formula is C23H31N7O2S. The van der Waals surface area contributed by atoms with Crippen LogP contribution in [0.2, 0.25) is 0 Å². The highest BCUT2D eigenvalue weighted by Gasteiger charge is 2.28. The van der Waals surface area contributed by atoms with Gasteiger partial charge in [-0.2, -0.15) is 18.6 Å². The molecule has 4 heterocycles. The Morgan fingerprint density at radius 2 is 2.03 bits per heavy atom. The average Bonchev–Trinajstić information content (AvgIpc) is 3.20. The minimum Gasteiger partial charge on any atom is -0.475 e. The number of aromatic nitrogens is 4. The highest BCUT2D eigenvalue weighted by molar-refractivity contribution is 7.59. The van der Waals surface area contributed by atoms with Crippen molar-refractivity contribution < 1.29 is 9.53 Å². The molecule has 0 fully saturated rings. The smallest absolute Gasteiger partial charge is 0.246 e. The zero-order chi connectivity index (χ0) is 22.8. The second-order valence-corrected chi connectivity index (χ2v) is 8.33. The van der Waals surface area contributed by atoms with Gasteiger partial charge in [0.25, 0.3) is 0 Å². The van der Waals surface area contributed by atoms with E-state index < -0.39 is 0 Å². The van der Waals surface area contributed by atoms with E-state index in [0.717, 1.165) is 34.0 Å². The van der Waals surface area contributed by atoms with E-state index >= 15 is 0 Å². The van der Waals surface area contributed by atoms with Crippen LogP contribution in [0.5, 0.6) is 5.88 Å². The molecule has 10 heteroatoms. The fourth-order valence-corrected chi connectivity index (χ4v) is 3.57. The Kier molecular flexibility index (Phi) is 7.47. The summed E-state index contributed by atoms with van der Waals surface area (Å²) < 4.78 is 7.47. The van der Waals surface area contributed by atoms with Crippen molar-refractivity contribution in [3.8, 4) is 5.88 Å². The van der Waals surface area contributed by atoms with E-state index in [1.54, 1.807) is 0 Å². The molecule has 9 nitrogen and oxygen atoms in total. The molecule has 0 saturated heterocycles. The average molecular weight is 470 g/mol. The van der Waals surface area contributed by atoms with Crippen LogP contribution in [0.25, 0.3) is 0 Å². The Labute approximate surface area is 201 Å². The van der Waals surface area contributed by atoms with Gasteiger partial charge >= 0.3 is 0 Å². The number of ether oxygens (including phenoxy) is 1. The van der Waals surface area contributed by atoms with Crippen LogP contribution in [0.4, 0.5) is 17.2 Å². The molecule has 0 saturated carbocycles. The fraction of sp³-hybridized carbons (Fsp3) is 0.391. The van der Waals surface area contributed by atoms with Crippen molar-refractivity contribution in [2.24, 2.45) is 0 Å². The van der Waals surface area contributed by atoms with E-state index in [1.807, 2.05) is 81.1 Å². The number of pyridine rings is 2. The second kappa shape index (κ2) is 10.1. The van der Waals surface area contributed by atoms with Crippen molar-refractivity contribution in [2.75, 3.05) is 22.6 Å². The Morgan fingerprint density at radius 3 is 2.73 bits per heavy atom. The molecule has 176 valence electrons. The first kappa shape index (κ1) is 24.4. The van der Waals surface area contributed by atoms with Crippen LogP contribution in [-0.4, -0.2) is 44.8 Å². The predicted octanol–water partition coefficient (Wildman–Crippen LogP) is 3.32. The van der Waals surface area contributed by atoms with Gasteiger partial charge < -0.3 is 20.3 Å². The van der Waals surface area contributed by atoms with Crippen LogP contribution in [-0.2, 0) is 17.9 Å². The van der Waals surface area contributed by atoms with E-state index in [2.05, 4.69) is 25.7 Å². The quantitative estimate of drug-likeness (QED) is 0.548. The molecule has 1 aliphatic rings. The fourth-order valence-electron chi connectivity index (χ4n) is 3.57. The molecule has 0 radical (unpaired) electrons. The molecule has 0 unspecified atom stereocenters. The molecule has 1 aliphatic heterocycles. The number of amides is 1. The molecule has 3 aromatic heterocycles. The lowest BCUT2D eigenvalue weighted by molar-refractivity contribution is -0.117. The minimum atomic E-state index is -0.226. The van der Waals surface area contributed by atoms with Crippen LogP contribution < -0.4 is 20.3 Å². The van der Waals surface area contributed by atoms with Gasteiger partial charge in [-0.15, -0.1) is 0 Å². The van der Waals surface area contributed by atoms with Gasteiger partial charge in [0.1, 0.15) is 11.9 Å². The SMILES string of the molecule is Cc1nc(NCc2cnn(Cc3ccc(OC(C)C)nc3)c2)cc2c1NC(=O)[C@H](C)N2C.S. The zero-order valence-corrected chi connectivity index (χ0v) is 20.6. The highest BCUT2D eigenvalue weighted by Crippen LogP contribution is 2.34. The van der Waals surface area contributed by atoms with Crippen molar-refractivity contribution in [3.05, 3.63) is 53.6 Å². The number of nitrogens with zero attached hydrogens (tertiary/aromatic N) is 5.